The first-order valence-electron chi connectivity index (χ1n) is 9.36. The largest absolute Gasteiger partial charge is 0.348 e. The number of nitrogens with zero attached hydrogens (tertiary/aromatic N) is 1. The topological polar surface area (TPSA) is 66.5 Å². The second kappa shape index (κ2) is 8.92. The zero-order valence-corrected chi connectivity index (χ0v) is 17.3. The Kier molecular flexibility index (Phi) is 6.34. The summed E-state index contributed by atoms with van der Waals surface area (Å²) in [4.78, 5) is 12.9. The van der Waals surface area contributed by atoms with Crippen molar-refractivity contribution in [2.75, 3.05) is 10.8 Å². The maximum Gasteiger partial charge on any atom is 0.264 e. The summed E-state index contributed by atoms with van der Waals surface area (Å²) in [6.45, 7) is 3.49. The van der Waals surface area contributed by atoms with E-state index in [1.165, 1.54) is 12.1 Å². The molecule has 29 heavy (non-hydrogen) atoms. The molecule has 1 amide bonds. The molecule has 0 radical (unpaired) electrons. The van der Waals surface area contributed by atoms with Gasteiger partial charge in [-0.25, -0.2) is 8.42 Å². The van der Waals surface area contributed by atoms with Crippen molar-refractivity contribution in [2.45, 2.75) is 24.8 Å². The Hall–Kier alpha value is -3.12. The maximum absolute atomic E-state index is 13.3. The van der Waals surface area contributed by atoms with Crippen LogP contribution in [-0.2, 0) is 14.8 Å². The van der Waals surface area contributed by atoms with Gasteiger partial charge in [-0.2, -0.15) is 0 Å². The molecule has 3 aromatic rings. The minimum atomic E-state index is -3.89. The monoisotopic (exact) mass is 408 g/mol. The lowest BCUT2D eigenvalue weighted by molar-refractivity contribution is -0.120. The van der Waals surface area contributed by atoms with Gasteiger partial charge in [-0.1, -0.05) is 66.2 Å². The van der Waals surface area contributed by atoms with Crippen LogP contribution in [0.25, 0.3) is 0 Å². The van der Waals surface area contributed by atoms with E-state index in [0.717, 1.165) is 15.4 Å². The lowest BCUT2D eigenvalue weighted by Gasteiger charge is -2.25. The SMILES string of the molecule is Cc1ccc(N(CC(=O)N[C@H](C)c2ccccc2)S(=O)(=O)c2ccccc2)cc1. The zero-order chi connectivity index (χ0) is 20.9. The molecule has 0 unspecified atom stereocenters. The molecule has 0 aromatic heterocycles. The van der Waals surface area contributed by atoms with Gasteiger partial charge < -0.3 is 5.32 Å². The van der Waals surface area contributed by atoms with Gasteiger partial charge in [0.1, 0.15) is 6.54 Å². The number of sulfonamides is 1. The van der Waals surface area contributed by atoms with Crippen molar-refractivity contribution < 1.29 is 13.2 Å². The van der Waals surface area contributed by atoms with Crippen LogP contribution in [0.1, 0.15) is 24.1 Å². The number of rotatable bonds is 7. The molecule has 0 aliphatic carbocycles. The Morgan fingerprint density at radius 3 is 2.03 bits per heavy atom. The van der Waals surface area contributed by atoms with Gasteiger partial charge in [-0.05, 0) is 43.7 Å². The zero-order valence-electron chi connectivity index (χ0n) is 16.4. The van der Waals surface area contributed by atoms with Gasteiger partial charge in [-0.3, -0.25) is 9.10 Å². The Balaban J connectivity index is 1.87. The second-order valence-electron chi connectivity index (χ2n) is 6.86. The molecule has 0 aliphatic heterocycles. The number of carbonyl (C=O) groups excluding carboxylic acids is 1. The number of benzene rings is 3. The summed E-state index contributed by atoms with van der Waals surface area (Å²) in [5.41, 5.74) is 2.41. The number of anilines is 1. The van der Waals surface area contributed by atoms with Crippen molar-refractivity contribution in [2.24, 2.45) is 0 Å². The average Bonchev–Trinajstić information content (AvgIpc) is 2.74. The second-order valence-corrected chi connectivity index (χ2v) is 8.72. The molecular weight excluding hydrogens is 384 g/mol. The summed E-state index contributed by atoms with van der Waals surface area (Å²) >= 11 is 0. The van der Waals surface area contributed by atoms with Crippen LogP contribution in [0.15, 0.2) is 89.8 Å². The van der Waals surface area contributed by atoms with E-state index in [4.69, 9.17) is 0 Å². The summed E-state index contributed by atoms with van der Waals surface area (Å²) in [5, 5.41) is 2.89. The molecule has 0 bridgehead atoms. The van der Waals surface area contributed by atoms with E-state index in [9.17, 15) is 13.2 Å². The van der Waals surface area contributed by atoms with Crippen molar-refractivity contribution in [1.29, 1.82) is 0 Å². The van der Waals surface area contributed by atoms with E-state index in [0.29, 0.717) is 5.69 Å². The first-order valence-corrected chi connectivity index (χ1v) is 10.8. The standard InChI is InChI=1S/C23H24N2O3S/c1-18-13-15-21(16-14-18)25(29(27,28)22-11-7-4-8-12-22)17-23(26)24-19(2)20-9-5-3-6-10-20/h3-16,19H,17H2,1-2H3,(H,24,26)/t19-/m1/s1. The van der Waals surface area contributed by atoms with Crippen LogP contribution in [0.5, 0.6) is 0 Å². The molecule has 1 atom stereocenters. The smallest absolute Gasteiger partial charge is 0.264 e. The molecule has 0 aliphatic rings. The molecule has 5 nitrogen and oxygen atoms in total. The van der Waals surface area contributed by atoms with Gasteiger partial charge in [-0.15, -0.1) is 0 Å². The third-order valence-corrected chi connectivity index (χ3v) is 6.41. The molecule has 6 heteroatoms. The summed E-state index contributed by atoms with van der Waals surface area (Å²) in [6.07, 6.45) is 0. The number of hydrogen-bond donors (Lipinski definition) is 1. The number of hydrogen-bond acceptors (Lipinski definition) is 3. The molecular formula is C23H24N2O3S. The molecule has 0 spiro atoms. The van der Waals surface area contributed by atoms with Crippen molar-refractivity contribution in [3.8, 4) is 0 Å². The fourth-order valence-electron chi connectivity index (χ4n) is 2.99. The Morgan fingerprint density at radius 2 is 1.45 bits per heavy atom. The third-order valence-electron chi connectivity index (χ3n) is 4.62. The van der Waals surface area contributed by atoms with E-state index in [-0.39, 0.29) is 23.4 Å². The van der Waals surface area contributed by atoms with Gasteiger partial charge >= 0.3 is 0 Å². The lowest BCUT2D eigenvalue weighted by Crippen LogP contribution is -2.41. The molecule has 3 aromatic carbocycles. The summed E-state index contributed by atoms with van der Waals surface area (Å²) < 4.78 is 27.7. The van der Waals surface area contributed by atoms with E-state index < -0.39 is 10.0 Å². The fraction of sp³-hybridized carbons (Fsp3) is 0.174. The lowest BCUT2D eigenvalue weighted by atomic mass is 10.1. The van der Waals surface area contributed by atoms with Crippen molar-refractivity contribution in [3.63, 3.8) is 0 Å². The van der Waals surface area contributed by atoms with Crippen LogP contribution in [0, 0.1) is 6.92 Å². The van der Waals surface area contributed by atoms with Gasteiger partial charge in [0, 0.05) is 0 Å². The normalized spacial score (nSPS) is 12.2. The molecule has 0 saturated heterocycles. The first kappa shape index (κ1) is 20.6. The van der Waals surface area contributed by atoms with E-state index in [2.05, 4.69) is 5.32 Å². The molecule has 0 heterocycles. The quantitative estimate of drug-likeness (QED) is 0.641. The minimum absolute atomic E-state index is 0.143. The Labute approximate surface area is 172 Å². The van der Waals surface area contributed by atoms with Crippen molar-refractivity contribution in [3.05, 3.63) is 96.1 Å². The molecule has 0 fully saturated rings. The first-order chi connectivity index (χ1) is 13.9. The highest BCUT2D eigenvalue weighted by Gasteiger charge is 2.27. The number of nitrogens with one attached hydrogen (secondary N) is 1. The summed E-state index contributed by atoms with van der Waals surface area (Å²) in [7, 11) is -3.89. The highest BCUT2D eigenvalue weighted by molar-refractivity contribution is 7.92. The van der Waals surface area contributed by atoms with E-state index in [1.807, 2.05) is 56.3 Å². The highest BCUT2D eigenvalue weighted by atomic mass is 32.2. The van der Waals surface area contributed by atoms with E-state index in [1.54, 1.807) is 30.3 Å². The van der Waals surface area contributed by atoms with Crippen LogP contribution in [0.3, 0.4) is 0 Å². The molecule has 0 saturated carbocycles. The number of carbonyl (C=O) groups is 1. The fourth-order valence-corrected chi connectivity index (χ4v) is 4.43. The minimum Gasteiger partial charge on any atom is -0.348 e. The summed E-state index contributed by atoms with van der Waals surface area (Å²) in [5.74, 6) is -0.374. The molecule has 150 valence electrons. The Morgan fingerprint density at radius 1 is 0.897 bits per heavy atom. The number of aryl methyl sites for hydroxylation is 1. The predicted octanol–water partition coefficient (Wildman–Crippen LogP) is 4.07. The van der Waals surface area contributed by atoms with Crippen LogP contribution in [-0.4, -0.2) is 20.9 Å². The van der Waals surface area contributed by atoms with Crippen LogP contribution in [0.2, 0.25) is 0 Å². The van der Waals surface area contributed by atoms with Gasteiger partial charge in [0.15, 0.2) is 0 Å². The van der Waals surface area contributed by atoms with Crippen molar-refractivity contribution in [1.82, 2.24) is 5.32 Å². The van der Waals surface area contributed by atoms with Gasteiger partial charge in [0.2, 0.25) is 5.91 Å². The van der Waals surface area contributed by atoms with E-state index >= 15 is 0 Å². The Bertz CT molecular complexity index is 1050. The van der Waals surface area contributed by atoms with Crippen LogP contribution >= 0.6 is 0 Å². The van der Waals surface area contributed by atoms with Gasteiger partial charge in [0.25, 0.3) is 10.0 Å². The predicted molar refractivity (Wildman–Crippen MR) is 115 cm³/mol. The molecule has 1 N–H and O–H groups in total. The number of amides is 1. The van der Waals surface area contributed by atoms with Crippen molar-refractivity contribution >= 4 is 21.6 Å². The van der Waals surface area contributed by atoms with Crippen LogP contribution in [0.4, 0.5) is 5.69 Å². The van der Waals surface area contributed by atoms with Crippen LogP contribution < -0.4 is 9.62 Å². The third kappa shape index (κ3) is 5.03. The van der Waals surface area contributed by atoms with Gasteiger partial charge in [0.05, 0.1) is 16.6 Å². The molecule has 3 rings (SSSR count). The average molecular weight is 409 g/mol. The maximum atomic E-state index is 13.3. The highest BCUT2D eigenvalue weighted by Crippen LogP contribution is 2.24. The summed E-state index contributed by atoms with van der Waals surface area (Å²) in [6, 6.07) is 24.5.